The molecule has 176 valence electrons. The zero-order valence-corrected chi connectivity index (χ0v) is 20.7. The van der Waals surface area contributed by atoms with Gasteiger partial charge in [-0.05, 0) is 72.6 Å². The van der Waals surface area contributed by atoms with Gasteiger partial charge in [-0.3, -0.25) is 14.4 Å². The molecule has 0 amide bonds. The van der Waals surface area contributed by atoms with E-state index in [9.17, 15) is 4.79 Å². The second-order valence-corrected chi connectivity index (χ2v) is 9.72. The molecule has 6 rings (SSSR count). The van der Waals surface area contributed by atoms with E-state index in [1.54, 1.807) is 29.5 Å². The smallest absolute Gasteiger partial charge is 0.255 e. The van der Waals surface area contributed by atoms with Gasteiger partial charge in [0.15, 0.2) is 0 Å². The van der Waals surface area contributed by atoms with E-state index in [0.717, 1.165) is 60.3 Å². The first-order chi connectivity index (χ1) is 17.6. The molecule has 5 nitrogen and oxygen atoms in total. The summed E-state index contributed by atoms with van der Waals surface area (Å²) in [5.41, 5.74) is 6.43. The number of fused-ring (bicyclic) bond motifs is 3. The van der Waals surface area contributed by atoms with Crippen LogP contribution in [0.1, 0.15) is 11.1 Å². The SMILES string of the molecule is COc1ccc2c(c1)Sc1cc3c(C)cc(=O)n(-c4ccc(N=Cc5ccccc5)cc4)c3cc1N2. The summed E-state index contributed by atoms with van der Waals surface area (Å²) in [7, 11) is 1.68. The molecule has 1 aliphatic rings. The zero-order chi connectivity index (χ0) is 24.6. The van der Waals surface area contributed by atoms with Crippen LogP contribution in [0.25, 0.3) is 16.6 Å². The van der Waals surface area contributed by atoms with E-state index < -0.39 is 0 Å². The van der Waals surface area contributed by atoms with Crippen LogP contribution in [0.3, 0.4) is 0 Å². The van der Waals surface area contributed by atoms with Gasteiger partial charge in [0.05, 0.1) is 29.7 Å². The first-order valence-electron chi connectivity index (χ1n) is 11.6. The number of pyridine rings is 1. The molecule has 1 aliphatic heterocycles. The van der Waals surface area contributed by atoms with Crippen molar-refractivity contribution in [2.75, 3.05) is 12.4 Å². The van der Waals surface area contributed by atoms with Gasteiger partial charge in [0, 0.05) is 33.1 Å². The molecule has 0 saturated carbocycles. The lowest BCUT2D eigenvalue weighted by Crippen LogP contribution is -2.18. The van der Waals surface area contributed by atoms with Gasteiger partial charge in [0.1, 0.15) is 5.75 Å². The summed E-state index contributed by atoms with van der Waals surface area (Å²) in [6.45, 7) is 1.99. The lowest BCUT2D eigenvalue weighted by atomic mass is 10.1. The van der Waals surface area contributed by atoms with Crippen LogP contribution < -0.4 is 15.6 Å². The van der Waals surface area contributed by atoms with Crippen molar-refractivity contribution < 1.29 is 4.74 Å². The number of aromatic nitrogens is 1. The Bertz CT molecular complexity index is 1690. The Kier molecular flexibility index (Phi) is 5.58. The molecule has 0 spiro atoms. The van der Waals surface area contributed by atoms with Gasteiger partial charge in [-0.15, -0.1) is 0 Å². The van der Waals surface area contributed by atoms with Gasteiger partial charge in [-0.25, -0.2) is 0 Å². The summed E-state index contributed by atoms with van der Waals surface area (Å²) in [4.78, 5) is 20.0. The number of aliphatic imine (C=N–C) groups is 1. The van der Waals surface area contributed by atoms with Crippen LogP contribution in [-0.2, 0) is 0 Å². The van der Waals surface area contributed by atoms with E-state index in [2.05, 4.69) is 22.4 Å². The number of benzene rings is 4. The second-order valence-electron chi connectivity index (χ2n) is 8.64. The van der Waals surface area contributed by atoms with Crippen molar-refractivity contribution in [3.63, 3.8) is 0 Å². The van der Waals surface area contributed by atoms with Crippen molar-refractivity contribution in [2.24, 2.45) is 4.99 Å². The molecule has 0 bridgehead atoms. The average Bonchev–Trinajstić information content (AvgIpc) is 2.91. The summed E-state index contributed by atoms with van der Waals surface area (Å²) in [6.07, 6.45) is 1.84. The maximum atomic E-state index is 13.2. The third kappa shape index (κ3) is 4.06. The Hall–Kier alpha value is -4.29. The molecule has 0 unspecified atom stereocenters. The topological polar surface area (TPSA) is 55.6 Å². The minimum Gasteiger partial charge on any atom is -0.497 e. The highest BCUT2D eigenvalue weighted by molar-refractivity contribution is 7.99. The highest BCUT2D eigenvalue weighted by Gasteiger charge is 2.19. The van der Waals surface area contributed by atoms with Crippen molar-refractivity contribution in [2.45, 2.75) is 16.7 Å². The Balaban J connectivity index is 1.40. The van der Waals surface area contributed by atoms with Gasteiger partial charge in [0.2, 0.25) is 0 Å². The molecule has 5 aromatic rings. The van der Waals surface area contributed by atoms with Gasteiger partial charge >= 0.3 is 0 Å². The summed E-state index contributed by atoms with van der Waals surface area (Å²) >= 11 is 1.70. The second kappa shape index (κ2) is 9.06. The highest BCUT2D eigenvalue weighted by Crippen LogP contribution is 2.47. The van der Waals surface area contributed by atoms with E-state index in [0.29, 0.717) is 0 Å². The molecule has 0 aliphatic carbocycles. The molecular formula is C30H23N3O2S. The van der Waals surface area contributed by atoms with Crippen molar-refractivity contribution in [3.8, 4) is 11.4 Å². The molecule has 0 saturated heterocycles. The number of hydrogen-bond donors (Lipinski definition) is 1. The van der Waals surface area contributed by atoms with E-state index in [1.165, 1.54) is 0 Å². The third-order valence-corrected chi connectivity index (χ3v) is 7.39. The average molecular weight is 490 g/mol. The van der Waals surface area contributed by atoms with Gasteiger partial charge in [-0.1, -0.05) is 42.1 Å². The number of hydrogen-bond acceptors (Lipinski definition) is 5. The maximum absolute atomic E-state index is 13.2. The molecule has 36 heavy (non-hydrogen) atoms. The summed E-state index contributed by atoms with van der Waals surface area (Å²) < 4.78 is 7.16. The highest BCUT2D eigenvalue weighted by atomic mass is 32.2. The van der Waals surface area contributed by atoms with Crippen LogP contribution in [0.15, 0.2) is 111 Å². The molecule has 1 N–H and O–H groups in total. The Labute approximate surface area is 213 Å². The normalized spacial score (nSPS) is 12.3. The van der Waals surface area contributed by atoms with Crippen molar-refractivity contribution in [3.05, 3.63) is 112 Å². The molecule has 0 radical (unpaired) electrons. The molecule has 6 heteroatoms. The van der Waals surface area contributed by atoms with Gasteiger partial charge in [0.25, 0.3) is 5.56 Å². The minimum atomic E-state index is -0.0610. The lowest BCUT2D eigenvalue weighted by molar-refractivity contribution is 0.414. The Morgan fingerprint density at radius 1 is 0.889 bits per heavy atom. The van der Waals surface area contributed by atoms with Gasteiger partial charge in [-0.2, -0.15) is 0 Å². The van der Waals surface area contributed by atoms with E-state index in [4.69, 9.17) is 4.74 Å². The fourth-order valence-electron chi connectivity index (χ4n) is 4.42. The number of nitrogens with one attached hydrogen (secondary N) is 1. The summed E-state index contributed by atoms with van der Waals surface area (Å²) in [6, 6.07) is 29.7. The maximum Gasteiger partial charge on any atom is 0.255 e. The van der Waals surface area contributed by atoms with E-state index in [1.807, 2.05) is 85.9 Å². The monoisotopic (exact) mass is 489 g/mol. The number of nitrogens with zero attached hydrogens (tertiary/aromatic N) is 2. The minimum absolute atomic E-state index is 0.0610. The third-order valence-electron chi connectivity index (χ3n) is 6.27. The standard InChI is InChI=1S/C30H23N3O2S/c1-19-14-30(34)33(22-10-8-21(9-11-22)31-18-20-6-4-3-5-7-20)27-17-26-29(16-24(19)27)36-28-15-23(35-2)12-13-25(28)32-26/h3-18,32H,1-2H3. The number of ether oxygens (including phenoxy) is 1. The Morgan fingerprint density at radius 3 is 2.44 bits per heavy atom. The number of anilines is 2. The van der Waals surface area contributed by atoms with Gasteiger partial charge < -0.3 is 10.1 Å². The van der Waals surface area contributed by atoms with Crippen molar-refractivity contribution >= 4 is 45.9 Å². The predicted molar refractivity (Wildman–Crippen MR) is 148 cm³/mol. The molecular weight excluding hydrogens is 466 g/mol. The summed E-state index contributed by atoms with van der Waals surface area (Å²) in [5.74, 6) is 0.828. The molecule has 0 atom stereocenters. The van der Waals surface area contributed by atoms with E-state index >= 15 is 0 Å². The van der Waals surface area contributed by atoms with Crippen LogP contribution in [-0.4, -0.2) is 17.9 Å². The molecule has 1 aromatic heterocycles. The van der Waals surface area contributed by atoms with Crippen LogP contribution in [0.2, 0.25) is 0 Å². The molecule has 0 fully saturated rings. The molecule has 2 heterocycles. The summed E-state index contributed by atoms with van der Waals surface area (Å²) in [5, 5.41) is 4.57. The van der Waals surface area contributed by atoms with Crippen LogP contribution in [0, 0.1) is 6.92 Å². The fraction of sp³-hybridized carbons (Fsp3) is 0.0667. The van der Waals surface area contributed by atoms with Crippen molar-refractivity contribution in [1.29, 1.82) is 0 Å². The largest absolute Gasteiger partial charge is 0.497 e. The lowest BCUT2D eigenvalue weighted by Gasteiger charge is -2.23. The van der Waals surface area contributed by atoms with Crippen LogP contribution in [0.5, 0.6) is 5.75 Å². The van der Waals surface area contributed by atoms with Crippen molar-refractivity contribution in [1.82, 2.24) is 4.57 Å². The van der Waals surface area contributed by atoms with Crippen LogP contribution in [0.4, 0.5) is 17.1 Å². The first kappa shape index (κ1) is 22.2. The fourth-order valence-corrected chi connectivity index (χ4v) is 5.46. The number of methoxy groups -OCH3 is 1. The number of rotatable bonds is 4. The zero-order valence-electron chi connectivity index (χ0n) is 19.9. The number of aryl methyl sites for hydroxylation is 1. The first-order valence-corrected chi connectivity index (χ1v) is 12.4. The van der Waals surface area contributed by atoms with Crippen LogP contribution >= 0.6 is 11.8 Å². The van der Waals surface area contributed by atoms with E-state index in [-0.39, 0.29) is 5.56 Å². The quantitative estimate of drug-likeness (QED) is 0.265. The Morgan fingerprint density at radius 2 is 1.67 bits per heavy atom. The molecule has 4 aromatic carbocycles. The predicted octanol–water partition coefficient (Wildman–Crippen LogP) is 7.27.